The van der Waals surface area contributed by atoms with Gasteiger partial charge in [-0.25, -0.2) is 0 Å². The second-order valence-corrected chi connectivity index (χ2v) is 17.4. The molecule has 0 N–H and O–H groups in total. The van der Waals surface area contributed by atoms with Crippen LogP contribution in [0.4, 0.5) is 0 Å². The molecule has 2 spiro atoms. The zero-order chi connectivity index (χ0) is 30.0. The Balaban J connectivity index is 0.941. The van der Waals surface area contributed by atoms with Crippen molar-refractivity contribution in [2.75, 3.05) is 0 Å². The topological polar surface area (TPSA) is 17.1 Å². The molecule has 1 heteroatoms. The van der Waals surface area contributed by atoms with Crippen molar-refractivity contribution in [1.29, 1.82) is 0 Å². The molecular weight excluding hydrogens is 520 g/mol. The van der Waals surface area contributed by atoms with Crippen molar-refractivity contribution in [3.8, 4) is 0 Å². The van der Waals surface area contributed by atoms with Crippen LogP contribution in [-0.2, 0) is 4.79 Å². The van der Waals surface area contributed by atoms with Gasteiger partial charge in [0.15, 0.2) is 0 Å². The normalized spacial score (nSPS) is 38.4. The molecule has 0 aliphatic heterocycles. The highest BCUT2D eigenvalue weighted by Gasteiger charge is 2.63. The molecule has 43 heavy (non-hydrogen) atoms. The van der Waals surface area contributed by atoms with Crippen LogP contribution in [-0.4, -0.2) is 5.78 Å². The Kier molecular flexibility index (Phi) is 13.5. The Morgan fingerprint density at radius 2 is 0.767 bits per heavy atom. The van der Waals surface area contributed by atoms with E-state index in [-0.39, 0.29) is 10.8 Å². The van der Waals surface area contributed by atoms with Gasteiger partial charge in [-0.3, -0.25) is 4.79 Å². The van der Waals surface area contributed by atoms with Crippen LogP contribution in [0.1, 0.15) is 213 Å². The van der Waals surface area contributed by atoms with E-state index in [9.17, 15) is 4.79 Å². The van der Waals surface area contributed by atoms with Crippen LogP contribution >= 0.6 is 0 Å². The van der Waals surface area contributed by atoms with Gasteiger partial charge >= 0.3 is 0 Å². The molecule has 0 atom stereocenters. The number of unbranched alkanes of at least 4 members (excludes halogenated alkanes) is 10. The number of ketones is 1. The van der Waals surface area contributed by atoms with Crippen molar-refractivity contribution in [3.63, 3.8) is 0 Å². The molecule has 0 amide bonds. The molecule has 0 radical (unpaired) electrons. The van der Waals surface area contributed by atoms with E-state index in [0.29, 0.717) is 0 Å². The summed E-state index contributed by atoms with van der Waals surface area (Å²) in [6.07, 6.45) is 44.2. The van der Waals surface area contributed by atoms with Crippen molar-refractivity contribution >= 4 is 5.78 Å². The lowest BCUT2D eigenvalue weighted by molar-refractivity contribution is -0.170. The van der Waals surface area contributed by atoms with Gasteiger partial charge in [-0.15, -0.1) is 0 Å². The van der Waals surface area contributed by atoms with E-state index in [1.807, 2.05) is 0 Å². The largest absolute Gasteiger partial charge is 0.298 e. The zero-order valence-electron chi connectivity index (χ0n) is 29.3. The van der Waals surface area contributed by atoms with Crippen molar-refractivity contribution < 1.29 is 4.79 Å². The van der Waals surface area contributed by atoms with Gasteiger partial charge in [0.1, 0.15) is 5.78 Å². The van der Waals surface area contributed by atoms with E-state index < -0.39 is 0 Å². The molecule has 0 bridgehead atoms. The number of hydrogen-bond acceptors (Lipinski definition) is 1. The number of rotatable bonds is 16. The molecule has 0 aromatic rings. The predicted octanol–water partition coefficient (Wildman–Crippen LogP) is 13.4. The average Bonchev–Trinajstić information content (AvgIpc) is 3.05. The summed E-state index contributed by atoms with van der Waals surface area (Å²) in [5.41, 5.74) is 0.264. The third-order valence-corrected chi connectivity index (χ3v) is 14.7. The lowest BCUT2D eigenvalue weighted by Crippen LogP contribution is -2.60. The Bertz CT molecular complexity index is 716. The summed E-state index contributed by atoms with van der Waals surface area (Å²) in [4.78, 5) is 13.9. The van der Waals surface area contributed by atoms with Gasteiger partial charge < -0.3 is 0 Å². The summed E-state index contributed by atoms with van der Waals surface area (Å²) >= 11 is 0. The molecule has 0 unspecified atom stereocenters. The van der Waals surface area contributed by atoms with Crippen LogP contribution in [0.3, 0.4) is 0 Å². The van der Waals surface area contributed by atoms with Crippen LogP contribution in [0.5, 0.6) is 0 Å². The van der Waals surface area contributed by atoms with Gasteiger partial charge in [0.2, 0.25) is 0 Å². The molecule has 5 aliphatic rings. The predicted molar refractivity (Wildman–Crippen MR) is 185 cm³/mol. The SMILES string of the molecule is CCCCCCCC[C@H]1CC[C@H](C2CCC3(CC2)CC2(CCC([C@H]4CC[C@H](CCCCCCCC)CC4)CC2)C3=O)CC1. The average molecular weight is 595 g/mol. The van der Waals surface area contributed by atoms with Crippen LogP contribution in [0, 0.1) is 46.3 Å². The fourth-order valence-electron chi connectivity index (χ4n) is 11.7. The third kappa shape index (κ3) is 8.93. The summed E-state index contributed by atoms with van der Waals surface area (Å²) in [7, 11) is 0. The number of hydrogen-bond donors (Lipinski definition) is 0. The fraction of sp³-hybridized carbons (Fsp3) is 0.976. The van der Waals surface area contributed by atoms with Crippen LogP contribution < -0.4 is 0 Å². The molecule has 0 aromatic heterocycles. The Morgan fingerprint density at radius 1 is 0.442 bits per heavy atom. The summed E-state index contributed by atoms with van der Waals surface area (Å²) in [6, 6.07) is 0. The van der Waals surface area contributed by atoms with E-state index >= 15 is 0 Å². The molecule has 5 aliphatic carbocycles. The summed E-state index contributed by atoms with van der Waals surface area (Å²) < 4.78 is 0. The number of carbonyl (C=O) groups is 1. The maximum atomic E-state index is 13.9. The highest BCUT2D eigenvalue weighted by Crippen LogP contribution is 2.65. The van der Waals surface area contributed by atoms with Crippen LogP contribution in [0.2, 0.25) is 0 Å². The van der Waals surface area contributed by atoms with Crippen molar-refractivity contribution in [2.24, 2.45) is 46.3 Å². The maximum Gasteiger partial charge on any atom is 0.145 e. The minimum absolute atomic E-state index is 0.132. The van der Waals surface area contributed by atoms with Gasteiger partial charge in [-0.05, 0) is 119 Å². The van der Waals surface area contributed by atoms with E-state index in [1.165, 1.54) is 199 Å². The Labute approximate surface area is 269 Å². The van der Waals surface area contributed by atoms with E-state index in [1.54, 1.807) is 0 Å². The molecular formula is C42H74O. The molecule has 0 saturated heterocycles. The minimum atomic E-state index is 0.132. The second-order valence-electron chi connectivity index (χ2n) is 17.4. The second kappa shape index (κ2) is 17.0. The molecule has 5 fully saturated rings. The molecule has 5 rings (SSSR count). The maximum absolute atomic E-state index is 13.9. The number of carbonyl (C=O) groups excluding carboxylic acids is 1. The third-order valence-electron chi connectivity index (χ3n) is 14.7. The molecule has 5 saturated carbocycles. The van der Waals surface area contributed by atoms with E-state index in [2.05, 4.69) is 13.8 Å². The minimum Gasteiger partial charge on any atom is -0.298 e. The van der Waals surface area contributed by atoms with Crippen molar-refractivity contribution in [1.82, 2.24) is 0 Å². The number of Topliss-reactive ketones (excluding diaryl/α,β-unsaturated/α-hetero) is 1. The summed E-state index contributed by atoms with van der Waals surface area (Å²) in [6.45, 7) is 4.64. The zero-order valence-corrected chi connectivity index (χ0v) is 29.3. The highest BCUT2D eigenvalue weighted by molar-refractivity contribution is 5.96. The molecule has 1 nitrogen and oxygen atoms in total. The van der Waals surface area contributed by atoms with E-state index in [4.69, 9.17) is 0 Å². The van der Waals surface area contributed by atoms with Crippen LogP contribution in [0.15, 0.2) is 0 Å². The lowest BCUT2D eigenvalue weighted by atomic mass is 9.42. The first kappa shape index (κ1) is 34.0. The summed E-state index contributed by atoms with van der Waals surface area (Å²) in [5, 5.41) is 0. The van der Waals surface area contributed by atoms with Gasteiger partial charge in [0.05, 0.1) is 0 Å². The van der Waals surface area contributed by atoms with Crippen molar-refractivity contribution in [3.05, 3.63) is 0 Å². The smallest absolute Gasteiger partial charge is 0.145 e. The first-order chi connectivity index (χ1) is 21.1. The Morgan fingerprint density at radius 3 is 1.12 bits per heavy atom. The molecule has 248 valence electrons. The van der Waals surface area contributed by atoms with E-state index in [0.717, 1.165) is 41.3 Å². The van der Waals surface area contributed by atoms with Gasteiger partial charge in [0, 0.05) is 10.8 Å². The first-order valence-corrected chi connectivity index (χ1v) is 20.6. The van der Waals surface area contributed by atoms with Crippen molar-refractivity contribution in [2.45, 2.75) is 213 Å². The molecule has 0 aromatic carbocycles. The quantitative estimate of drug-likeness (QED) is 0.162. The highest BCUT2D eigenvalue weighted by atomic mass is 16.1. The lowest BCUT2D eigenvalue weighted by Gasteiger charge is -2.60. The monoisotopic (exact) mass is 595 g/mol. The fourth-order valence-corrected chi connectivity index (χ4v) is 11.7. The first-order valence-electron chi connectivity index (χ1n) is 20.6. The van der Waals surface area contributed by atoms with Crippen LogP contribution in [0.25, 0.3) is 0 Å². The van der Waals surface area contributed by atoms with Gasteiger partial charge in [-0.2, -0.15) is 0 Å². The van der Waals surface area contributed by atoms with Gasteiger partial charge in [0.25, 0.3) is 0 Å². The van der Waals surface area contributed by atoms with Gasteiger partial charge in [-0.1, -0.05) is 129 Å². The summed E-state index contributed by atoms with van der Waals surface area (Å²) in [5.74, 6) is 6.68. The molecule has 0 heterocycles. The Hall–Kier alpha value is -0.330. The standard InChI is InChI=1S/C42H74O/c1-3-5-7-9-11-13-15-34-17-21-36(22-18-34)38-25-29-41(30-26-38)33-42(40(41)43)31-27-39(28-32-42)37-23-19-35(20-24-37)16-14-12-10-8-6-4-2/h34-39H,3-33H2,1-2H3/t34-,35-,36-,37-,38?,39?,41?,42?.